The van der Waals surface area contributed by atoms with Crippen LogP contribution in [0.15, 0.2) is 48.5 Å². The standard InChI is InChI=1S/C22H23FN4O2/c1-13(2)20(21-24-16-8-4-5-9-17(16)25-21)26-22(29)14-11-19(28)27(12-14)18-10-6-3-7-15(18)23/h3-10,13-14,20H,11-12H2,1-2H3,(H,24,25)(H,26,29)/t14-,20-/m0/s1. The van der Waals surface area contributed by atoms with Crippen molar-refractivity contribution in [3.63, 3.8) is 0 Å². The summed E-state index contributed by atoms with van der Waals surface area (Å²) in [5.41, 5.74) is 1.96. The predicted octanol–water partition coefficient (Wildman–Crippen LogP) is 3.57. The molecule has 2 amide bonds. The van der Waals surface area contributed by atoms with E-state index in [4.69, 9.17) is 0 Å². The van der Waals surface area contributed by atoms with Crippen molar-refractivity contribution >= 4 is 28.5 Å². The molecule has 0 saturated carbocycles. The van der Waals surface area contributed by atoms with Crippen molar-refractivity contribution in [2.24, 2.45) is 11.8 Å². The van der Waals surface area contributed by atoms with E-state index < -0.39 is 11.7 Å². The lowest BCUT2D eigenvalue weighted by Crippen LogP contribution is -2.38. The zero-order valence-electron chi connectivity index (χ0n) is 16.4. The second-order valence-corrected chi connectivity index (χ2v) is 7.73. The van der Waals surface area contributed by atoms with E-state index in [9.17, 15) is 14.0 Å². The van der Waals surface area contributed by atoms with Gasteiger partial charge >= 0.3 is 0 Å². The summed E-state index contributed by atoms with van der Waals surface area (Å²) in [6, 6.07) is 13.5. The molecule has 0 spiro atoms. The number of carbonyl (C=O) groups excluding carboxylic acids is 2. The van der Waals surface area contributed by atoms with Crippen LogP contribution in [0.25, 0.3) is 11.0 Å². The summed E-state index contributed by atoms with van der Waals surface area (Å²) in [4.78, 5) is 34.6. The van der Waals surface area contributed by atoms with Crippen molar-refractivity contribution in [2.45, 2.75) is 26.3 Å². The average molecular weight is 394 g/mol. The molecule has 1 saturated heterocycles. The van der Waals surface area contributed by atoms with Gasteiger partial charge in [0.05, 0.1) is 28.7 Å². The Morgan fingerprint density at radius 1 is 1.21 bits per heavy atom. The molecule has 2 N–H and O–H groups in total. The number of carbonyl (C=O) groups is 2. The van der Waals surface area contributed by atoms with Crippen molar-refractivity contribution in [3.8, 4) is 0 Å². The van der Waals surface area contributed by atoms with E-state index in [-0.39, 0.29) is 42.4 Å². The van der Waals surface area contributed by atoms with Crippen LogP contribution in [0.3, 0.4) is 0 Å². The number of nitrogens with zero attached hydrogens (tertiary/aromatic N) is 2. The van der Waals surface area contributed by atoms with Crippen LogP contribution < -0.4 is 10.2 Å². The molecule has 29 heavy (non-hydrogen) atoms. The highest BCUT2D eigenvalue weighted by Gasteiger charge is 2.37. The molecule has 0 radical (unpaired) electrons. The molecule has 0 unspecified atom stereocenters. The third-order valence-corrected chi connectivity index (χ3v) is 5.31. The first kappa shape index (κ1) is 19.1. The summed E-state index contributed by atoms with van der Waals surface area (Å²) >= 11 is 0. The maximum absolute atomic E-state index is 14.1. The summed E-state index contributed by atoms with van der Waals surface area (Å²) in [6.07, 6.45) is 0.0606. The number of imidazole rings is 1. The summed E-state index contributed by atoms with van der Waals surface area (Å²) in [5, 5.41) is 3.04. The van der Waals surface area contributed by atoms with Gasteiger partial charge < -0.3 is 15.2 Å². The quantitative estimate of drug-likeness (QED) is 0.694. The van der Waals surface area contributed by atoms with Gasteiger partial charge in [-0.25, -0.2) is 9.37 Å². The van der Waals surface area contributed by atoms with Gasteiger partial charge in [0, 0.05) is 13.0 Å². The molecule has 0 aliphatic carbocycles. The Morgan fingerprint density at radius 3 is 2.66 bits per heavy atom. The summed E-state index contributed by atoms with van der Waals surface area (Å²) < 4.78 is 14.1. The number of amides is 2. The lowest BCUT2D eigenvalue weighted by Gasteiger charge is -2.22. The van der Waals surface area contributed by atoms with Crippen LogP contribution in [0.1, 0.15) is 32.1 Å². The molecule has 150 valence electrons. The van der Waals surface area contributed by atoms with Gasteiger partial charge in [-0.1, -0.05) is 38.1 Å². The van der Waals surface area contributed by atoms with Crippen molar-refractivity contribution in [1.82, 2.24) is 15.3 Å². The van der Waals surface area contributed by atoms with Crippen LogP contribution in [0, 0.1) is 17.7 Å². The molecule has 1 aliphatic heterocycles. The number of rotatable bonds is 5. The molecular weight excluding hydrogens is 371 g/mol. The van der Waals surface area contributed by atoms with E-state index in [1.807, 2.05) is 38.1 Å². The number of anilines is 1. The molecule has 1 aromatic heterocycles. The fourth-order valence-corrected chi connectivity index (χ4v) is 3.73. The number of para-hydroxylation sites is 3. The lowest BCUT2D eigenvalue weighted by atomic mass is 10.0. The van der Waals surface area contributed by atoms with Crippen molar-refractivity contribution in [3.05, 3.63) is 60.2 Å². The molecule has 1 fully saturated rings. The van der Waals surface area contributed by atoms with E-state index in [1.165, 1.54) is 11.0 Å². The molecule has 2 atom stereocenters. The number of H-pyrrole nitrogens is 1. The highest BCUT2D eigenvalue weighted by atomic mass is 19.1. The number of fused-ring (bicyclic) bond motifs is 1. The van der Waals surface area contributed by atoms with Gasteiger partial charge in [-0.15, -0.1) is 0 Å². The summed E-state index contributed by atoms with van der Waals surface area (Å²) in [6.45, 7) is 4.17. The van der Waals surface area contributed by atoms with Crippen molar-refractivity contribution in [2.75, 3.05) is 11.4 Å². The molecule has 3 aromatic rings. The number of nitrogens with one attached hydrogen (secondary N) is 2. The molecule has 1 aliphatic rings. The molecule has 7 heteroatoms. The molecule has 6 nitrogen and oxygen atoms in total. The SMILES string of the molecule is CC(C)[C@H](NC(=O)[C@H]1CC(=O)N(c2ccccc2F)C1)c1nc2ccccc2[nH]1. The van der Waals surface area contributed by atoms with Gasteiger partial charge in [-0.3, -0.25) is 9.59 Å². The molecular formula is C22H23FN4O2. The zero-order chi connectivity index (χ0) is 20.5. The smallest absolute Gasteiger partial charge is 0.227 e. The minimum Gasteiger partial charge on any atom is -0.346 e. The molecule has 0 bridgehead atoms. The van der Waals surface area contributed by atoms with Gasteiger partial charge in [-0.2, -0.15) is 0 Å². The second kappa shape index (κ2) is 7.66. The first-order chi connectivity index (χ1) is 13.9. The predicted molar refractivity (Wildman–Crippen MR) is 109 cm³/mol. The molecule has 4 rings (SSSR count). The van der Waals surface area contributed by atoms with Gasteiger partial charge in [-0.05, 0) is 30.2 Å². The molecule has 2 heterocycles. The average Bonchev–Trinajstić information content (AvgIpc) is 3.29. The summed E-state index contributed by atoms with van der Waals surface area (Å²) in [5.74, 6) is -0.697. The van der Waals surface area contributed by atoms with E-state index in [2.05, 4.69) is 15.3 Å². The maximum Gasteiger partial charge on any atom is 0.227 e. The second-order valence-electron chi connectivity index (χ2n) is 7.73. The van der Waals surface area contributed by atoms with Crippen LogP contribution in [-0.2, 0) is 9.59 Å². The first-order valence-electron chi connectivity index (χ1n) is 9.74. The van der Waals surface area contributed by atoms with E-state index in [0.29, 0.717) is 5.82 Å². The van der Waals surface area contributed by atoms with Gasteiger partial charge in [0.25, 0.3) is 0 Å². The minimum absolute atomic E-state index is 0.0606. The van der Waals surface area contributed by atoms with Crippen molar-refractivity contribution in [1.29, 1.82) is 0 Å². The van der Waals surface area contributed by atoms with Crippen LogP contribution in [0.2, 0.25) is 0 Å². The molecule has 2 aromatic carbocycles. The lowest BCUT2D eigenvalue weighted by molar-refractivity contribution is -0.127. The summed E-state index contributed by atoms with van der Waals surface area (Å²) in [7, 11) is 0. The highest BCUT2D eigenvalue weighted by molar-refractivity contribution is 6.00. The number of aromatic nitrogens is 2. The Kier molecular flexibility index (Phi) is 5.05. The monoisotopic (exact) mass is 394 g/mol. The third kappa shape index (κ3) is 3.72. The number of aromatic amines is 1. The van der Waals surface area contributed by atoms with Crippen molar-refractivity contribution < 1.29 is 14.0 Å². The Bertz CT molecular complexity index is 1030. The largest absolute Gasteiger partial charge is 0.346 e. The van der Waals surface area contributed by atoms with Crippen LogP contribution in [-0.4, -0.2) is 28.3 Å². The highest BCUT2D eigenvalue weighted by Crippen LogP contribution is 2.29. The minimum atomic E-state index is -0.535. The van der Waals surface area contributed by atoms with Gasteiger partial charge in [0.1, 0.15) is 11.6 Å². The van der Waals surface area contributed by atoms with E-state index in [1.54, 1.807) is 18.2 Å². The number of benzene rings is 2. The van der Waals surface area contributed by atoms with Crippen LogP contribution >= 0.6 is 0 Å². The maximum atomic E-state index is 14.1. The Hall–Kier alpha value is -3.22. The normalized spacial score (nSPS) is 17.9. The van der Waals surface area contributed by atoms with Gasteiger partial charge in [0.2, 0.25) is 11.8 Å². The Morgan fingerprint density at radius 2 is 1.93 bits per heavy atom. The zero-order valence-corrected chi connectivity index (χ0v) is 16.4. The number of hydrogen-bond donors (Lipinski definition) is 2. The Labute approximate surface area is 168 Å². The van der Waals surface area contributed by atoms with Crippen LogP contribution in [0.4, 0.5) is 10.1 Å². The number of halogens is 1. The fraction of sp³-hybridized carbons (Fsp3) is 0.318. The van der Waals surface area contributed by atoms with Gasteiger partial charge in [0.15, 0.2) is 0 Å². The van der Waals surface area contributed by atoms with Crippen LogP contribution in [0.5, 0.6) is 0 Å². The topological polar surface area (TPSA) is 78.1 Å². The van der Waals surface area contributed by atoms with E-state index >= 15 is 0 Å². The third-order valence-electron chi connectivity index (χ3n) is 5.31. The first-order valence-corrected chi connectivity index (χ1v) is 9.74. The fourth-order valence-electron chi connectivity index (χ4n) is 3.73. The van der Waals surface area contributed by atoms with E-state index in [0.717, 1.165) is 11.0 Å². The Balaban J connectivity index is 1.51. The number of hydrogen-bond acceptors (Lipinski definition) is 3.